The predicted molar refractivity (Wildman–Crippen MR) is 84.5 cm³/mol. The number of nitrogens with zero attached hydrogens (tertiary/aromatic N) is 2. The molecule has 120 valence electrons. The molecule has 0 aromatic heterocycles. The molecule has 6 heteroatoms. The van der Waals surface area contributed by atoms with E-state index in [0.29, 0.717) is 25.3 Å². The van der Waals surface area contributed by atoms with Gasteiger partial charge in [0, 0.05) is 18.5 Å². The maximum Gasteiger partial charge on any atom is 0.322 e. The molecule has 23 heavy (non-hydrogen) atoms. The molecule has 2 aliphatic heterocycles. The summed E-state index contributed by atoms with van der Waals surface area (Å²) in [4.78, 5) is 17.8. The van der Waals surface area contributed by atoms with Crippen molar-refractivity contribution in [1.82, 2.24) is 5.32 Å². The second-order valence-corrected chi connectivity index (χ2v) is 6.43. The Kier molecular flexibility index (Phi) is 3.29. The minimum atomic E-state index is -0.506. The SMILES string of the molecule is [C-]#[N+]c1ccc(N2C(=O)NC3CC4(CCC32)OCCO4)cc1C. The Hall–Kier alpha value is -2.10. The lowest BCUT2D eigenvalue weighted by molar-refractivity contribution is -0.181. The van der Waals surface area contributed by atoms with Crippen LogP contribution in [0.15, 0.2) is 18.2 Å². The number of hydrogen-bond donors (Lipinski definition) is 1. The topological polar surface area (TPSA) is 55.2 Å². The van der Waals surface area contributed by atoms with Gasteiger partial charge in [0.25, 0.3) is 0 Å². The highest BCUT2D eigenvalue weighted by Crippen LogP contribution is 2.41. The first-order valence-electron chi connectivity index (χ1n) is 7.98. The Balaban J connectivity index is 1.60. The third kappa shape index (κ3) is 2.28. The van der Waals surface area contributed by atoms with E-state index < -0.39 is 5.79 Å². The average Bonchev–Trinajstić information content (AvgIpc) is 3.11. The number of hydrogen-bond acceptors (Lipinski definition) is 3. The molecule has 1 aromatic rings. The molecular formula is C17H19N3O3. The van der Waals surface area contributed by atoms with Gasteiger partial charge in [0.2, 0.25) is 0 Å². The standard InChI is InChI=1S/C17H19N3O3/c1-11-9-12(3-4-13(11)18-2)20-15-5-6-17(22-7-8-23-17)10-14(15)19-16(20)21/h3-4,9,14-15H,5-8,10H2,1H3,(H,19,21). The molecule has 0 radical (unpaired) electrons. The van der Waals surface area contributed by atoms with Crippen LogP contribution in [0.3, 0.4) is 0 Å². The van der Waals surface area contributed by atoms with Crippen LogP contribution in [0.25, 0.3) is 4.85 Å². The largest absolute Gasteiger partial charge is 0.347 e. The van der Waals surface area contributed by atoms with Gasteiger partial charge in [-0.25, -0.2) is 9.64 Å². The van der Waals surface area contributed by atoms with E-state index in [4.69, 9.17) is 16.0 Å². The van der Waals surface area contributed by atoms with E-state index >= 15 is 0 Å². The number of urea groups is 1. The molecule has 1 aromatic carbocycles. The predicted octanol–water partition coefficient (Wildman–Crippen LogP) is 2.74. The highest BCUT2D eigenvalue weighted by molar-refractivity contribution is 5.96. The molecule has 1 N–H and O–H groups in total. The van der Waals surface area contributed by atoms with Crippen molar-refractivity contribution in [2.45, 2.75) is 44.1 Å². The van der Waals surface area contributed by atoms with Crippen molar-refractivity contribution in [2.24, 2.45) is 0 Å². The fraction of sp³-hybridized carbons (Fsp3) is 0.529. The number of benzene rings is 1. The molecule has 2 unspecified atom stereocenters. The quantitative estimate of drug-likeness (QED) is 0.811. The van der Waals surface area contributed by atoms with Crippen molar-refractivity contribution in [3.8, 4) is 0 Å². The zero-order chi connectivity index (χ0) is 16.0. The Morgan fingerprint density at radius 2 is 2.17 bits per heavy atom. The molecule has 0 bridgehead atoms. The van der Waals surface area contributed by atoms with Crippen molar-refractivity contribution in [3.05, 3.63) is 35.2 Å². The Bertz CT molecular complexity index is 691. The highest BCUT2D eigenvalue weighted by atomic mass is 16.7. The molecular weight excluding hydrogens is 294 g/mol. The lowest BCUT2D eigenvalue weighted by atomic mass is 9.86. The van der Waals surface area contributed by atoms with E-state index in [9.17, 15) is 4.79 Å². The molecule has 3 fully saturated rings. The lowest BCUT2D eigenvalue weighted by Gasteiger charge is -2.39. The summed E-state index contributed by atoms with van der Waals surface area (Å²) < 4.78 is 11.6. The van der Waals surface area contributed by atoms with Gasteiger partial charge in [0.05, 0.1) is 31.9 Å². The maximum atomic E-state index is 12.5. The first-order valence-corrected chi connectivity index (χ1v) is 7.98. The maximum absolute atomic E-state index is 12.5. The van der Waals surface area contributed by atoms with Crippen molar-refractivity contribution in [2.75, 3.05) is 18.1 Å². The van der Waals surface area contributed by atoms with Crippen LogP contribution >= 0.6 is 0 Å². The number of fused-ring (bicyclic) bond motifs is 1. The van der Waals surface area contributed by atoms with Crippen LogP contribution in [0, 0.1) is 13.5 Å². The molecule has 1 aliphatic carbocycles. The van der Waals surface area contributed by atoms with Crippen molar-refractivity contribution in [1.29, 1.82) is 0 Å². The van der Waals surface area contributed by atoms with Crippen LogP contribution in [-0.4, -0.2) is 37.1 Å². The molecule has 3 aliphatic rings. The first kappa shape index (κ1) is 14.5. The highest BCUT2D eigenvalue weighted by Gasteiger charge is 2.51. The monoisotopic (exact) mass is 313 g/mol. The van der Waals surface area contributed by atoms with Gasteiger partial charge in [-0.3, -0.25) is 4.90 Å². The summed E-state index contributed by atoms with van der Waals surface area (Å²) in [5.41, 5.74) is 2.37. The number of rotatable bonds is 1. The summed E-state index contributed by atoms with van der Waals surface area (Å²) in [5, 5.41) is 3.07. The van der Waals surface area contributed by atoms with Crippen LogP contribution in [-0.2, 0) is 9.47 Å². The summed E-state index contributed by atoms with van der Waals surface area (Å²) in [7, 11) is 0. The van der Waals surface area contributed by atoms with Crippen LogP contribution in [0.4, 0.5) is 16.2 Å². The summed E-state index contributed by atoms with van der Waals surface area (Å²) in [5.74, 6) is -0.506. The van der Waals surface area contributed by atoms with Crippen LogP contribution in [0.2, 0.25) is 0 Å². The second-order valence-electron chi connectivity index (χ2n) is 6.43. The van der Waals surface area contributed by atoms with E-state index in [1.807, 2.05) is 24.0 Å². The normalized spacial score (nSPS) is 28.5. The zero-order valence-electron chi connectivity index (χ0n) is 13.0. The molecule has 4 rings (SSSR count). The fourth-order valence-corrected chi connectivity index (χ4v) is 3.96. The van der Waals surface area contributed by atoms with Gasteiger partial charge < -0.3 is 14.8 Å². The van der Waals surface area contributed by atoms with Gasteiger partial charge in [-0.05, 0) is 31.0 Å². The van der Waals surface area contributed by atoms with Gasteiger partial charge >= 0.3 is 6.03 Å². The number of carbonyl (C=O) groups is 1. The van der Waals surface area contributed by atoms with E-state index in [1.54, 1.807) is 6.07 Å². The Labute approximate surface area is 135 Å². The number of amides is 2. The fourth-order valence-electron chi connectivity index (χ4n) is 3.96. The van der Waals surface area contributed by atoms with Gasteiger partial charge in [-0.15, -0.1) is 0 Å². The summed E-state index contributed by atoms with van der Waals surface area (Å²) in [6.07, 6.45) is 2.34. The van der Waals surface area contributed by atoms with E-state index in [-0.39, 0.29) is 18.1 Å². The summed E-state index contributed by atoms with van der Waals surface area (Å²) in [6, 6.07) is 5.63. The number of aryl methyl sites for hydroxylation is 1. The lowest BCUT2D eigenvalue weighted by Crippen LogP contribution is -2.49. The van der Waals surface area contributed by atoms with Crippen LogP contribution < -0.4 is 10.2 Å². The third-order valence-electron chi connectivity index (χ3n) is 5.07. The number of carbonyl (C=O) groups excluding carboxylic acids is 1. The van der Waals surface area contributed by atoms with Crippen LogP contribution in [0.5, 0.6) is 0 Å². The van der Waals surface area contributed by atoms with E-state index in [2.05, 4.69) is 10.2 Å². The number of ether oxygens (including phenoxy) is 2. The van der Waals surface area contributed by atoms with Gasteiger partial charge in [0.15, 0.2) is 11.5 Å². The van der Waals surface area contributed by atoms with Gasteiger partial charge in [-0.2, -0.15) is 0 Å². The van der Waals surface area contributed by atoms with Gasteiger partial charge in [0.1, 0.15) is 0 Å². The van der Waals surface area contributed by atoms with Crippen molar-refractivity contribution >= 4 is 17.4 Å². The van der Waals surface area contributed by atoms with Gasteiger partial charge in [-0.1, -0.05) is 6.07 Å². The summed E-state index contributed by atoms with van der Waals surface area (Å²) in [6.45, 7) is 10.3. The molecule has 2 heterocycles. The molecule has 1 saturated carbocycles. The van der Waals surface area contributed by atoms with Crippen LogP contribution in [0.1, 0.15) is 24.8 Å². The molecule has 1 spiro atoms. The van der Waals surface area contributed by atoms with Crippen molar-refractivity contribution in [3.63, 3.8) is 0 Å². The smallest absolute Gasteiger partial charge is 0.322 e. The van der Waals surface area contributed by atoms with E-state index in [1.165, 1.54) is 0 Å². The van der Waals surface area contributed by atoms with E-state index in [0.717, 1.165) is 24.1 Å². The van der Waals surface area contributed by atoms with Crippen molar-refractivity contribution < 1.29 is 14.3 Å². The Morgan fingerprint density at radius 3 is 2.87 bits per heavy atom. The molecule has 2 atom stereocenters. The first-order chi connectivity index (χ1) is 11.1. The second kappa shape index (κ2) is 5.22. The zero-order valence-corrected chi connectivity index (χ0v) is 13.0. The molecule has 2 saturated heterocycles. The number of nitrogens with one attached hydrogen (secondary N) is 1. The molecule has 6 nitrogen and oxygen atoms in total. The Morgan fingerprint density at radius 1 is 1.39 bits per heavy atom. The number of anilines is 1. The molecule has 2 amide bonds. The minimum absolute atomic E-state index is 0.0372. The summed E-state index contributed by atoms with van der Waals surface area (Å²) >= 11 is 0. The average molecular weight is 313 g/mol. The third-order valence-corrected chi connectivity index (χ3v) is 5.07. The minimum Gasteiger partial charge on any atom is -0.347 e.